The van der Waals surface area contributed by atoms with E-state index in [-0.39, 0.29) is 11.7 Å². The Morgan fingerprint density at radius 2 is 1.86 bits per heavy atom. The third kappa shape index (κ3) is 3.30. The second-order valence-electron chi connectivity index (χ2n) is 4.70. The van der Waals surface area contributed by atoms with Gasteiger partial charge in [0.1, 0.15) is 11.9 Å². The molecule has 0 heterocycles. The molecule has 1 atom stereocenters. The van der Waals surface area contributed by atoms with Gasteiger partial charge >= 0.3 is 0 Å². The number of amides is 1. The van der Waals surface area contributed by atoms with Crippen LogP contribution in [0.3, 0.4) is 0 Å². The molecule has 0 spiro atoms. The van der Waals surface area contributed by atoms with Crippen molar-refractivity contribution in [3.63, 3.8) is 0 Å². The molecule has 0 saturated heterocycles. The molecule has 0 fully saturated rings. The molecule has 2 N–H and O–H groups in total. The maximum absolute atomic E-state index is 11.6. The summed E-state index contributed by atoms with van der Waals surface area (Å²) in [6.07, 6.45) is 0.321. The minimum absolute atomic E-state index is 0.0128. The minimum Gasteiger partial charge on any atom is -0.508 e. The third-order valence-electron chi connectivity index (χ3n) is 3.25. The van der Waals surface area contributed by atoms with Crippen molar-refractivity contribution in [2.45, 2.75) is 6.10 Å². The average Bonchev–Trinajstić information content (AvgIpc) is 2.52. The van der Waals surface area contributed by atoms with Crippen LogP contribution >= 0.6 is 0 Å². The van der Waals surface area contributed by atoms with E-state index >= 15 is 0 Å². The fraction of sp³-hybridized carbons (Fsp3) is 0.118. The number of aliphatic hydroxyl groups is 1. The first-order valence-electron chi connectivity index (χ1n) is 6.50. The summed E-state index contributed by atoms with van der Waals surface area (Å²) < 4.78 is 0. The zero-order chi connectivity index (χ0) is 15.4. The van der Waals surface area contributed by atoms with Crippen molar-refractivity contribution in [2.24, 2.45) is 0 Å². The molecule has 108 valence electrons. The first-order chi connectivity index (χ1) is 10.0. The Balaban J connectivity index is 2.39. The van der Waals surface area contributed by atoms with Gasteiger partial charge in [-0.3, -0.25) is 4.79 Å². The van der Waals surface area contributed by atoms with E-state index < -0.39 is 6.10 Å². The van der Waals surface area contributed by atoms with E-state index in [4.69, 9.17) is 0 Å². The number of anilines is 1. The fourth-order valence-corrected chi connectivity index (χ4v) is 2.06. The fourth-order valence-electron chi connectivity index (χ4n) is 2.06. The van der Waals surface area contributed by atoms with Crippen LogP contribution in [0.2, 0.25) is 0 Å². The van der Waals surface area contributed by atoms with Crippen LogP contribution in [0.4, 0.5) is 5.69 Å². The lowest BCUT2D eigenvalue weighted by Crippen LogP contribution is -2.23. The lowest BCUT2D eigenvalue weighted by molar-refractivity contribution is -0.113. The molecule has 0 radical (unpaired) electrons. The van der Waals surface area contributed by atoms with Crippen LogP contribution in [-0.4, -0.2) is 23.2 Å². The molecule has 0 aliphatic heterocycles. The van der Waals surface area contributed by atoms with Crippen molar-refractivity contribution in [3.8, 4) is 5.75 Å². The molecule has 0 aliphatic rings. The number of carbonyl (C=O) groups is 1. The molecule has 0 aromatic heterocycles. The lowest BCUT2D eigenvalue weighted by atomic mass is 10.0. The lowest BCUT2D eigenvalue weighted by Gasteiger charge is -2.19. The van der Waals surface area contributed by atoms with Crippen molar-refractivity contribution in [1.29, 1.82) is 0 Å². The Morgan fingerprint density at radius 1 is 1.19 bits per heavy atom. The standard InChI is InChI=1S/C17H17NO3/c1-3-16(20)18(2)14-9-13(10-15(19)11-14)17(21)12-7-5-4-6-8-12/h3-11,17,19,21H,1H2,2H3/t17-/m0/s1. The van der Waals surface area contributed by atoms with Gasteiger partial charge in [-0.05, 0) is 29.3 Å². The number of aliphatic hydroxyl groups excluding tert-OH is 1. The van der Waals surface area contributed by atoms with E-state index in [2.05, 4.69) is 6.58 Å². The van der Waals surface area contributed by atoms with E-state index in [0.717, 1.165) is 0 Å². The second-order valence-corrected chi connectivity index (χ2v) is 4.70. The topological polar surface area (TPSA) is 60.8 Å². The van der Waals surface area contributed by atoms with Crippen molar-refractivity contribution in [2.75, 3.05) is 11.9 Å². The van der Waals surface area contributed by atoms with Gasteiger partial charge < -0.3 is 15.1 Å². The zero-order valence-electron chi connectivity index (χ0n) is 11.7. The van der Waals surface area contributed by atoms with Crippen molar-refractivity contribution in [3.05, 3.63) is 72.3 Å². The maximum Gasteiger partial charge on any atom is 0.250 e. The highest BCUT2D eigenvalue weighted by molar-refractivity contribution is 6.00. The zero-order valence-corrected chi connectivity index (χ0v) is 11.7. The van der Waals surface area contributed by atoms with Crippen LogP contribution in [0.5, 0.6) is 5.75 Å². The van der Waals surface area contributed by atoms with Gasteiger partial charge in [-0.2, -0.15) is 0 Å². The van der Waals surface area contributed by atoms with E-state index in [1.807, 2.05) is 18.2 Å². The summed E-state index contributed by atoms with van der Waals surface area (Å²) in [4.78, 5) is 13.0. The normalized spacial score (nSPS) is 11.7. The molecule has 1 amide bonds. The van der Waals surface area contributed by atoms with Gasteiger partial charge in [-0.25, -0.2) is 0 Å². The Hall–Kier alpha value is -2.59. The summed E-state index contributed by atoms with van der Waals surface area (Å²) in [5, 5.41) is 20.2. The van der Waals surface area contributed by atoms with E-state index in [1.165, 1.54) is 23.1 Å². The Morgan fingerprint density at radius 3 is 2.48 bits per heavy atom. The van der Waals surface area contributed by atoms with Gasteiger partial charge in [0.15, 0.2) is 0 Å². The van der Waals surface area contributed by atoms with Crippen molar-refractivity contribution in [1.82, 2.24) is 0 Å². The van der Waals surface area contributed by atoms with Crippen LogP contribution in [-0.2, 0) is 4.79 Å². The van der Waals surface area contributed by atoms with E-state index in [1.54, 1.807) is 25.2 Å². The Kier molecular flexibility index (Phi) is 4.40. The highest BCUT2D eigenvalue weighted by atomic mass is 16.3. The van der Waals surface area contributed by atoms with Gasteiger partial charge in [0.05, 0.1) is 0 Å². The monoisotopic (exact) mass is 283 g/mol. The van der Waals surface area contributed by atoms with Crippen LogP contribution in [0.15, 0.2) is 61.2 Å². The molecule has 0 bridgehead atoms. The molecule has 2 aromatic rings. The molecule has 0 aliphatic carbocycles. The quantitative estimate of drug-likeness (QED) is 0.848. The predicted octanol–water partition coefficient (Wildman–Crippen LogP) is 2.62. The van der Waals surface area contributed by atoms with Gasteiger partial charge in [0.2, 0.25) is 5.91 Å². The minimum atomic E-state index is -0.871. The number of benzene rings is 2. The average molecular weight is 283 g/mol. The van der Waals surface area contributed by atoms with Crippen molar-refractivity contribution >= 4 is 11.6 Å². The summed E-state index contributed by atoms with van der Waals surface area (Å²) in [5.41, 5.74) is 1.72. The summed E-state index contributed by atoms with van der Waals surface area (Å²) >= 11 is 0. The Labute approximate surface area is 123 Å². The highest BCUT2D eigenvalue weighted by Crippen LogP contribution is 2.29. The number of phenolic OH excluding ortho intramolecular Hbond substituents is 1. The molecule has 0 saturated carbocycles. The SMILES string of the molecule is C=CC(=O)N(C)c1cc(O)cc([C@@H](O)c2ccccc2)c1. The number of likely N-dealkylation sites (N-methyl/N-ethyl adjacent to an activating group) is 1. The largest absolute Gasteiger partial charge is 0.508 e. The number of hydrogen-bond donors (Lipinski definition) is 2. The predicted molar refractivity (Wildman–Crippen MR) is 82.2 cm³/mol. The van der Waals surface area contributed by atoms with E-state index in [0.29, 0.717) is 16.8 Å². The first kappa shape index (κ1) is 14.8. The first-order valence-corrected chi connectivity index (χ1v) is 6.50. The Bertz CT molecular complexity index is 652. The summed E-state index contributed by atoms with van der Waals surface area (Å²) in [7, 11) is 1.58. The molecule has 2 rings (SSSR count). The van der Waals surface area contributed by atoms with Gasteiger partial charge in [-0.15, -0.1) is 0 Å². The summed E-state index contributed by atoms with van der Waals surface area (Å²) in [6.45, 7) is 3.43. The number of hydrogen-bond acceptors (Lipinski definition) is 3. The van der Waals surface area contributed by atoms with Gasteiger partial charge in [-0.1, -0.05) is 36.9 Å². The van der Waals surface area contributed by atoms with Crippen LogP contribution in [0, 0.1) is 0 Å². The molecule has 0 unspecified atom stereocenters. The number of aromatic hydroxyl groups is 1. The van der Waals surface area contributed by atoms with E-state index in [9.17, 15) is 15.0 Å². The second kappa shape index (κ2) is 6.24. The summed E-state index contributed by atoms with van der Waals surface area (Å²) in [6, 6.07) is 13.7. The van der Waals surface area contributed by atoms with Crippen LogP contribution in [0.1, 0.15) is 17.2 Å². The van der Waals surface area contributed by atoms with Gasteiger partial charge in [0, 0.05) is 18.8 Å². The van der Waals surface area contributed by atoms with Gasteiger partial charge in [0.25, 0.3) is 0 Å². The number of phenols is 1. The number of carbonyl (C=O) groups excluding carboxylic acids is 1. The number of nitrogens with zero attached hydrogens (tertiary/aromatic N) is 1. The number of rotatable bonds is 4. The summed E-state index contributed by atoms with van der Waals surface area (Å²) in [5.74, 6) is -0.304. The molecule has 2 aromatic carbocycles. The van der Waals surface area contributed by atoms with Crippen LogP contribution in [0.25, 0.3) is 0 Å². The smallest absolute Gasteiger partial charge is 0.250 e. The molecule has 4 nitrogen and oxygen atoms in total. The maximum atomic E-state index is 11.6. The van der Waals surface area contributed by atoms with Crippen LogP contribution < -0.4 is 4.90 Å². The third-order valence-corrected chi connectivity index (χ3v) is 3.25. The molecule has 4 heteroatoms. The van der Waals surface area contributed by atoms with Crippen molar-refractivity contribution < 1.29 is 15.0 Å². The molecular weight excluding hydrogens is 266 g/mol. The molecular formula is C17H17NO3. The molecule has 21 heavy (non-hydrogen) atoms. The highest BCUT2D eigenvalue weighted by Gasteiger charge is 2.15.